The van der Waals surface area contributed by atoms with Crippen molar-refractivity contribution in [3.63, 3.8) is 0 Å². The Kier molecular flexibility index (Phi) is 3.76. The molecule has 1 amide bonds. The minimum absolute atomic E-state index is 0.0650. The van der Waals surface area contributed by atoms with Crippen molar-refractivity contribution < 1.29 is 14.0 Å². The van der Waals surface area contributed by atoms with E-state index in [1.165, 1.54) is 18.2 Å². The summed E-state index contributed by atoms with van der Waals surface area (Å²) in [6, 6.07) is 4.13. The molecule has 0 saturated heterocycles. The molecule has 0 unspecified atom stereocenters. The Hall–Kier alpha value is -2.01. The van der Waals surface area contributed by atoms with E-state index in [1.54, 1.807) is 0 Å². The number of amides is 1. The zero-order valence-electron chi connectivity index (χ0n) is 10.7. The van der Waals surface area contributed by atoms with E-state index in [0.29, 0.717) is 6.54 Å². The molecule has 2 rings (SSSR count). The van der Waals surface area contributed by atoms with E-state index in [0.717, 1.165) is 17.0 Å². The van der Waals surface area contributed by atoms with Gasteiger partial charge in [0.1, 0.15) is 5.82 Å². The Balaban J connectivity index is 2.26. The van der Waals surface area contributed by atoms with Crippen LogP contribution in [-0.4, -0.2) is 31.3 Å². The zero-order valence-corrected chi connectivity index (χ0v) is 10.7. The largest absolute Gasteiger partial charge is 0.313 e. The van der Waals surface area contributed by atoms with E-state index in [9.17, 15) is 14.0 Å². The number of para-hydroxylation sites is 1. The first-order valence-corrected chi connectivity index (χ1v) is 6.08. The fourth-order valence-corrected chi connectivity index (χ4v) is 2.04. The highest BCUT2D eigenvalue weighted by atomic mass is 19.1. The number of likely N-dealkylation sites (N-methyl/N-ethyl adjacent to an activating group) is 1. The molecule has 4 nitrogen and oxygen atoms in total. The van der Waals surface area contributed by atoms with Crippen LogP contribution in [0.2, 0.25) is 0 Å². The summed E-state index contributed by atoms with van der Waals surface area (Å²) in [6.07, 6.45) is 0. The average Bonchev–Trinajstić information content (AvgIpc) is 2.63. The first kappa shape index (κ1) is 13.4. The SMILES string of the molecule is C=C(CNCC)CN1C(=O)C(=O)c2cccc(F)c21. The lowest BCUT2D eigenvalue weighted by Crippen LogP contribution is -2.34. The molecular weight excluding hydrogens is 247 g/mol. The normalized spacial score (nSPS) is 13.9. The highest BCUT2D eigenvalue weighted by Crippen LogP contribution is 2.31. The van der Waals surface area contributed by atoms with Gasteiger partial charge in [0.05, 0.1) is 11.3 Å². The number of carbonyl (C=O) groups excluding carboxylic acids is 2. The molecule has 5 heteroatoms. The third-order valence-corrected chi connectivity index (χ3v) is 2.95. The lowest BCUT2D eigenvalue weighted by atomic mass is 10.1. The Morgan fingerprint density at radius 2 is 2.16 bits per heavy atom. The molecule has 0 atom stereocenters. The van der Waals surface area contributed by atoms with Gasteiger partial charge < -0.3 is 5.32 Å². The van der Waals surface area contributed by atoms with Crippen molar-refractivity contribution in [1.29, 1.82) is 0 Å². The number of halogens is 1. The number of fused-ring (bicyclic) bond motifs is 1. The fourth-order valence-electron chi connectivity index (χ4n) is 2.04. The van der Waals surface area contributed by atoms with Crippen molar-refractivity contribution in [2.45, 2.75) is 6.92 Å². The van der Waals surface area contributed by atoms with E-state index in [4.69, 9.17) is 0 Å². The fraction of sp³-hybridized carbons (Fsp3) is 0.286. The monoisotopic (exact) mass is 262 g/mol. The zero-order chi connectivity index (χ0) is 14.0. The summed E-state index contributed by atoms with van der Waals surface area (Å²) in [5, 5.41) is 3.07. The second-order valence-electron chi connectivity index (χ2n) is 4.39. The molecular formula is C14H15FN2O2. The van der Waals surface area contributed by atoms with Crippen molar-refractivity contribution >= 4 is 17.4 Å². The van der Waals surface area contributed by atoms with Crippen molar-refractivity contribution in [2.75, 3.05) is 24.5 Å². The van der Waals surface area contributed by atoms with Crippen LogP contribution in [0.1, 0.15) is 17.3 Å². The molecule has 0 spiro atoms. The molecule has 1 aromatic carbocycles. The number of benzene rings is 1. The van der Waals surface area contributed by atoms with E-state index in [-0.39, 0.29) is 17.8 Å². The molecule has 1 heterocycles. The predicted molar refractivity (Wildman–Crippen MR) is 70.8 cm³/mol. The maximum Gasteiger partial charge on any atom is 0.299 e. The highest BCUT2D eigenvalue weighted by Gasteiger charge is 2.37. The molecule has 19 heavy (non-hydrogen) atoms. The quantitative estimate of drug-likeness (QED) is 0.646. The van der Waals surface area contributed by atoms with E-state index in [2.05, 4.69) is 11.9 Å². The van der Waals surface area contributed by atoms with Gasteiger partial charge in [0, 0.05) is 13.1 Å². The van der Waals surface area contributed by atoms with Crippen LogP contribution in [-0.2, 0) is 4.79 Å². The molecule has 100 valence electrons. The number of hydrogen-bond acceptors (Lipinski definition) is 3. The van der Waals surface area contributed by atoms with Crippen molar-refractivity contribution in [2.24, 2.45) is 0 Å². The van der Waals surface area contributed by atoms with Crippen LogP contribution < -0.4 is 10.2 Å². The van der Waals surface area contributed by atoms with Crippen molar-refractivity contribution in [3.8, 4) is 0 Å². The molecule has 1 N–H and O–H groups in total. The van der Waals surface area contributed by atoms with Gasteiger partial charge in [0.2, 0.25) is 0 Å². The standard InChI is InChI=1S/C14H15FN2O2/c1-3-16-7-9(2)8-17-12-10(13(18)14(17)19)5-4-6-11(12)15/h4-6,16H,2-3,7-8H2,1H3. The van der Waals surface area contributed by atoms with E-state index in [1.807, 2.05) is 6.92 Å². The van der Waals surface area contributed by atoms with Crippen molar-refractivity contribution in [1.82, 2.24) is 5.32 Å². The minimum atomic E-state index is -0.697. The Labute approximate surface area is 110 Å². The molecule has 1 aromatic rings. The van der Waals surface area contributed by atoms with Crippen LogP contribution >= 0.6 is 0 Å². The van der Waals surface area contributed by atoms with Gasteiger partial charge in [-0.1, -0.05) is 19.6 Å². The molecule has 0 radical (unpaired) electrons. The van der Waals surface area contributed by atoms with Gasteiger partial charge in [-0.05, 0) is 24.3 Å². The average molecular weight is 262 g/mol. The summed E-state index contributed by atoms with van der Waals surface area (Å²) in [7, 11) is 0. The Bertz CT molecular complexity index is 554. The first-order valence-electron chi connectivity index (χ1n) is 6.08. The number of ketones is 1. The number of rotatable bonds is 5. The maximum atomic E-state index is 13.8. The van der Waals surface area contributed by atoms with Gasteiger partial charge in [0.15, 0.2) is 0 Å². The first-order chi connectivity index (χ1) is 9.06. The van der Waals surface area contributed by atoms with Gasteiger partial charge in [-0.2, -0.15) is 0 Å². The third kappa shape index (κ3) is 2.42. The topological polar surface area (TPSA) is 49.4 Å². The Morgan fingerprint density at radius 1 is 1.42 bits per heavy atom. The van der Waals surface area contributed by atoms with E-state index < -0.39 is 17.5 Å². The molecule has 1 aliphatic rings. The molecule has 0 aromatic heterocycles. The van der Waals surface area contributed by atoms with Crippen LogP contribution in [0.3, 0.4) is 0 Å². The van der Waals surface area contributed by atoms with Gasteiger partial charge in [-0.15, -0.1) is 0 Å². The summed E-state index contributed by atoms with van der Waals surface area (Å²) >= 11 is 0. The van der Waals surface area contributed by atoms with Crippen LogP contribution in [0, 0.1) is 5.82 Å². The van der Waals surface area contributed by atoms with Gasteiger partial charge in [0.25, 0.3) is 11.7 Å². The molecule has 0 bridgehead atoms. The lowest BCUT2D eigenvalue weighted by Gasteiger charge is -2.18. The minimum Gasteiger partial charge on any atom is -0.313 e. The summed E-state index contributed by atoms with van der Waals surface area (Å²) < 4.78 is 13.8. The third-order valence-electron chi connectivity index (χ3n) is 2.95. The van der Waals surface area contributed by atoms with Gasteiger partial charge in [-0.25, -0.2) is 4.39 Å². The number of nitrogens with zero attached hydrogens (tertiary/aromatic N) is 1. The summed E-state index contributed by atoms with van der Waals surface area (Å²) in [5.41, 5.74) is 0.913. The number of anilines is 1. The number of Topliss-reactive ketones (excluding diaryl/α,β-unsaturated/α-hetero) is 1. The van der Waals surface area contributed by atoms with Crippen LogP contribution in [0.25, 0.3) is 0 Å². The predicted octanol–water partition coefficient (Wildman–Crippen LogP) is 1.52. The lowest BCUT2D eigenvalue weighted by molar-refractivity contribution is -0.114. The van der Waals surface area contributed by atoms with E-state index >= 15 is 0 Å². The van der Waals surface area contributed by atoms with Crippen LogP contribution in [0.15, 0.2) is 30.4 Å². The summed E-state index contributed by atoms with van der Waals surface area (Å²) in [6.45, 7) is 7.22. The number of nitrogens with one attached hydrogen (secondary N) is 1. The second-order valence-corrected chi connectivity index (χ2v) is 4.39. The molecule has 0 saturated carbocycles. The molecule has 0 aliphatic carbocycles. The summed E-state index contributed by atoms with van der Waals surface area (Å²) in [5.74, 6) is -1.92. The van der Waals surface area contributed by atoms with Crippen LogP contribution in [0.4, 0.5) is 10.1 Å². The smallest absolute Gasteiger partial charge is 0.299 e. The summed E-state index contributed by atoms with van der Waals surface area (Å²) in [4.78, 5) is 24.8. The van der Waals surface area contributed by atoms with Crippen LogP contribution in [0.5, 0.6) is 0 Å². The number of carbonyl (C=O) groups is 2. The molecule has 1 aliphatic heterocycles. The van der Waals surface area contributed by atoms with Gasteiger partial charge in [-0.3, -0.25) is 14.5 Å². The molecule has 0 fully saturated rings. The maximum absolute atomic E-state index is 13.8. The highest BCUT2D eigenvalue weighted by molar-refractivity contribution is 6.52. The second kappa shape index (κ2) is 5.32. The number of hydrogen-bond donors (Lipinski definition) is 1. The van der Waals surface area contributed by atoms with Crippen molar-refractivity contribution in [3.05, 3.63) is 41.7 Å². The Morgan fingerprint density at radius 3 is 2.84 bits per heavy atom. The van der Waals surface area contributed by atoms with Gasteiger partial charge >= 0.3 is 0 Å².